The molecule has 188 valence electrons. The number of nitrogens with zero attached hydrogens (tertiary/aromatic N) is 3. The van der Waals surface area contributed by atoms with Crippen molar-refractivity contribution in [3.05, 3.63) is 58.6 Å². The fraction of sp³-hybridized carbons (Fsp3) is 0.217. The van der Waals surface area contributed by atoms with E-state index in [1.165, 1.54) is 13.2 Å². The molecule has 1 amide bonds. The van der Waals surface area contributed by atoms with Gasteiger partial charge >= 0.3 is 0 Å². The molecule has 1 aromatic heterocycles. The summed E-state index contributed by atoms with van der Waals surface area (Å²) in [6.45, 7) is 0.827. The second kappa shape index (κ2) is 12.3. The number of halogens is 1. The van der Waals surface area contributed by atoms with Crippen LogP contribution in [0.4, 0.5) is 5.13 Å². The molecule has 2 aromatic carbocycles. The molecule has 13 heteroatoms. The van der Waals surface area contributed by atoms with E-state index in [0.29, 0.717) is 59.0 Å². The molecule has 36 heavy (non-hydrogen) atoms. The summed E-state index contributed by atoms with van der Waals surface area (Å²) in [5.74, 6) is 0.870. The summed E-state index contributed by atoms with van der Waals surface area (Å²) in [6.07, 6.45) is 2.94. The van der Waals surface area contributed by atoms with Crippen LogP contribution in [0.3, 0.4) is 0 Å². The molecular weight excluding hydrogens is 528 g/mol. The molecule has 0 spiro atoms. The number of carbonyl (C=O) groups is 1. The Morgan fingerprint density at radius 3 is 2.53 bits per heavy atom. The summed E-state index contributed by atoms with van der Waals surface area (Å²) in [6, 6.07) is 13.8. The molecule has 0 saturated carbocycles. The number of aromatic nitrogens is 2. The van der Waals surface area contributed by atoms with Gasteiger partial charge in [-0.25, -0.2) is 8.42 Å². The molecule has 0 aliphatic heterocycles. The first-order valence-electron chi connectivity index (χ1n) is 10.4. The molecule has 0 atom stereocenters. The summed E-state index contributed by atoms with van der Waals surface area (Å²) in [7, 11) is -2.13. The van der Waals surface area contributed by atoms with Gasteiger partial charge in [-0.2, -0.15) is 14.6 Å². The summed E-state index contributed by atoms with van der Waals surface area (Å²) >= 11 is 6.55. The van der Waals surface area contributed by atoms with Crippen molar-refractivity contribution in [2.75, 3.05) is 31.9 Å². The Labute approximate surface area is 217 Å². The topological polar surface area (TPSA) is 140 Å². The molecule has 1 heterocycles. The van der Waals surface area contributed by atoms with Gasteiger partial charge in [0, 0.05) is 29.2 Å². The number of nitriles is 1. The molecular formula is C23H21ClN4O6S2. The van der Waals surface area contributed by atoms with Crippen LogP contribution in [0.2, 0.25) is 5.02 Å². The van der Waals surface area contributed by atoms with Crippen LogP contribution in [-0.4, -0.2) is 50.3 Å². The number of methoxy groups -OCH3 is 1. The zero-order valence-corrected chi connectivity index (χ0v) is 21.6. The zero-order chi connectivity index (χ0) is 26.1. The van der Waals surface area contributed by atoms with Crippen molar-refractivity contribution in [1.29, 1.82) is 5.26 Å². The van der Waals surface area contributed by atoms with Crippen LogP contribution in [0.5, 0.6) is 17.2 Å². The minimum absolute atomic E-state index is 0.0389. The standard InChI is InChI=1S/C23H21ClN4O6S2/c1-32-20-13-15(4-9-19(20)34-11-3-10-33-18-7-5-17(24)6-8-18)12-16(14-25)21(29)26-22-27-23(28-35-22)36(2,30)31/h4-9,12-13H,3,10-11H2,1-2H3,(H,26,27,28,29). The first-order chi connectivity index (χ1) is 17.2. The number of sulfone groups is 1. The van der Waals surface area contributed by atoms with Crippen molar-refractivity contribution in [3.63, 3.8) is 0 Å². The van der Waals surface area contributed by atoms with Crippen LogP contribution < -0.4 is 19.5 Å². The fourth-order valence-corrected chi connectivity index (χ4v) is 4.31. The van der Waals surface area contributed by atoms with Gasteiger partial charge in [-0.1, -0.05) is 17.7 Å². The van der Waals surface area contributed by atoms with Crippen molar-refractivity contribution in [2.24, 2.45) is 0 Å². The highest BCUT2D eigenvalue weighted by Crippen LogP contribution is 2.29. The minimum Gasteiger partial charge on any atom is -0.493 e. The average molecular weight is 549 g/mol. The van der Waals surface area contributed by atoms with Crippen LogP contribution in [-0.2, 0) is 14.6 Å². The quantitative estimate of drug-likeness (QED) is 0.214. The van der Waals surface area contributed by atoms with Gasteiger partial charge < -0.3 is 14.2 Å². The van der Waals surface area contributed by atoms with Crippen molar-refractivity contribution in [2.45, 2.75) is 11.6 Å². The largest absolute Gasteiger partial charge is 0.493 e. The number of benzene rings is 2. The van der Waals surface area contributed by atoms with Gasteiger partial charge in [-0.3, -0.25) is 10.1 Å². The van der Waals surface area contributed by atoms with Crippen LogP contribution in [0.1, 0.15) is 12.0 Å². The van der Waals surface area contributed by atoms with Crippen LogP contribution >= 0.6 is 23.1 Å². The maximum atomic E-state index is 12.5. The van der Waals surface area contributed by atoms with Crippen LogP contribution in [0.15, 0.2) is 53.2 Å². The average Bonchev–Trinajstić information content (AvgIpc) is 3.33. The van der Waals surface area contributed by atoms with Gasteiger partial charge in [0.25, 0.3) is 11.1 Å². The number of hydrogen-bond donors (Lipinski definition) is 1. The summed E-state index contributed by atoms with van der Waals surface area (Å²) in [5, 5.41) is 12.0. The van der Waals surface area contributed by atoms with Crippen molar-refractivity contribution in [1.82, 2.24) is 9.36 Å². The lowest BCUT2D eigenvalue weighted by Gasteiger charge is -2.12. The van der Waals surface area contributed by atoms with Gasteiger partial charge in [0.2, 0.25) is 15.0 Å². The molecule has 0 saturated heterocycles. The summed E-state index contributed by atoms with van der Waals surface area (Å²) < 4.78 is 43.4. The number of rotatable bonds is 11. The Kier molecular flexibility index (Phi) is 9.24. The van der Waals surface area contributed by atoms with Gasteiger partial charge in [0.15, 0.2) is 11.5 Å². The van der Waals surface area contributed by atoms with E-state index in [2.05, 4.69) is 14.7 Å². The third-order valence-electron chi connectivity index (χ3n) is 4.45. The molecule has 10 nitrogen and oxygen atoms in total. The zero-order valence-electron chi connectivity index (χ0n) is 19.2. The Morgan fingerprint density at radius 1 is 1.17 bits per heavy atom. The molecule has 0 unspecified atom stereocenters. The maximum Gasteiger partial charge on any atom is 0.268 e. The lowest BCUT2D eigenvalue weighted by atomic mass is 10.1. The second-order valence-electron chi connectivity index (χ2n) is 7.19. The predicted octanol–water partition coefficient (Wildman–Crippen LogP) is 4.00. The van der Waals surface area contributed by atoms with Crippen molar-refractivity contribution >= 4 is 50.1 Å². The Balaban J connectivity index is 1.59. The fourth-order valence-electron chi connectivity index (χ4n) is 2.75. The number of anilines is 1. The van der Waals surface area contributed by atoms with E-state index in [4.69, 9.17) is 25.8 Å². The van der Waals surface area contributed by atoms with E-state index in [1.54, 1.807) is 42.5 Å². The smallest absolute Gasteiger partial charge is 0.268 e. The van der Waals surface area contributed by atoms with Gasteiger partial charge in [-0.15, -0.1) is 0 Å². The highest BCUT2D eigenvalue weighted by Gasteiger charge is 2.17. The van der Waals surface area contributed by atoms with E-state index >= 15 is 0 Å². The van der Waals surface area contributed by atoms with E-state index in [1.807, 2.05) is 6.07 Å². The van der Waals surface area contributed by atoms with E-state index < -0.39 is 20.9 Å². The first kappa shape index (κ1) is 26.9. The Hall–Kier alpha value is -3.66. The molecule has 3 aromatic rings. The number of nitrogens with one attached hydrogen (secondary N) is 1. The molecule has 0 aliphatic rings. The summed E-state index contributed by atoms with van der Waals surface area (Å²) in [4.78, 5) is 16.2. The van der Waals surface area contributed by atoms with Gasteiger partial charge in [0.1, 0.15) is 17.4 Å². The second-order valence-corrected chi connectivity index (χ2v) is 10.3. The summed E-state index contributed by atoms with van der Waals surface area (Å²) in [5.41, 5.74) is 0.298. The molecule has 0 radical (unpaired) electrons. The van der Waals surface area contributed by atoms with Crippen LogP contribution in [0, 0.1) is 11.3 Å². The van der Waals surface area contributed by atoms with Gasteiger partial charge in [-0.05, 0) is 48.0 Å². The molecule has 1 N–H and O–H groups in total. The van der Waals surface area contributed by atoms with E-state index in [-0.39, 0.29) is 10.7 Å². The van der Waals surface area contributed by atoms with Crippen molar-refractivity contribution in [3.8, 4) is 23.3 Å². The van der Waals surface area contributed by atoms with Crippen LogP contribution in [0.25, 0.3) is 6.08 Å². The third kappa shape index (κ3) is 7.67. The molecule has 0 bridgehead atoms. The van der Waals surface area contributed by atoms with Gasteiger partial charge in [0.05, 0.1) is 20.3 Å². The maximum absolute atomic E-state index is 12.5. The number of hydrogen-bond acceptors (Lipinski definition) is 10. The number of ether oxygens (including phenoxy) is 3. The number of amides is 1. The Morgan fingerprint density at radius 2 is 1.89 bits per heavy atom. The van der Waals surface area contributed by atoms with Crippen molar-refractivity contribution < 1.29 is 27.4 Å². The highest BCUT2D eigenvalue weighted by molar-refractivity contribution is 7.90. The molecule has 3 rings (SSSR count). The third-order valence-corrected chi connectivity index (χ3v) is 6.30. The van der Waals surface area contributed by atoms with E-state index in [0.717, 1.165) is 6.26 Å². The highest BCUT2D eigenvalue weighted by atomic mass is 35.5. The Bertz CT molecular complexity index is 1400. The minimum atomic E-state index is -3.61. The van der Waals surface area contributed by atoms with E-state index in [9.17, 15) is 18.5 Å². The molecule has 0 aliphatic carbocycles. The first-order valence-corrected chi connectivity index (χ1v) is 13.4. The lowest BCUT2D eigenvalue weighted by Crippen LogP contribution is -2.13. The predicted molar refractivity (Wildman–Crippen MR) is 135 cm³/mol. The lowest BCUT2D eigenvalue weighted by molar-refractivity contribution is -0.112. The SMILES string of the molecule is COc1cc(C=C(C#N)C(=O)Nc2nc(S(C)(=O)=O)ns2)ccc1OCCCOc1ccc(Cl)cc1. The molecule has 0 fully saturated rings. The monoisotopic (exact) mass is 548 g/mol. The normalized spacial score (nSPS) is 11.4. The number of carbonyl (C=O) groups excluding carboxylic acids is 1.